The summed E-state index contributed by atoms with van der Waals surface area (Å²) >= 11 is 7.18. The highest BCUT2D eigenvalue weighted by Crippen LogP contribution is 2.21. The number of ketones is 1. The first-order valence-electron chi connectivity index (χ1n) is 8.21. The van der Waals surface area contributed by atoms with E-state index in [1.807, 2.05) is 0 Å². The summed E-state index contributed by atoms with van der Waals surface area (Å²) < 4.78 is 0. The van der Waals surface area contributed by atoms with E-state index < -0.39 is 0 Å². The van der Waals surface area contributed by atoms with Crippen LogP contribution < -0.4 is 0 Å². The molecule has 0 aromatic heterocycles. The lowest BCUT2D eigenvalue weighted by atomic mass is 9.98. The van der Waals surface area contributed by atoms with Crippen molar-refractivity contribution in [3.8, 4) is 0 Å². The second kappa shape index (κ2) is 8.44. The Balaban J connectivity index is 2.03. The van der Waals surface area contributed by atoms with Crippen molar-refractivity contribution in [2.45, 2.75) is 50.2 Å². The molecule has 2 aromatic rings. The third kappa shape index (κ3) is 5.56. The maximum absolute atomic E-state index is 12.7. The van der Waals surface area contributed by atoms with E-state index in [9.17, 15) is 4.79 Å². The van der Waals surface area contributed by atoms with Gasteiger partial charge in [0.1, 0.15) is 0 Å². The van der Waals surface area contributed by atoms with Crippen molar-refractivity contribution in [2.24, 2.45) is 0 Å². The summed E-state index contributed by atoms with van der Waals surface area (Å²) in [4.78, 5) is 12.4. The molecule has 2 atom stereocenters. The number of aryl methyl sites for hydroxylation is 4. The number of alkyl halides is 2. The molecular weight excluding hydrogens is 428 g/mol. The number of halogens is 2. The largest absolute Gasteiger partial charge is 0.297 e. The zero-order valence-corrected chi connectivity index (χ0v) is 17.9. The van der Waals surface area contributed by atoms with Gasteiger partial charge < -0.3 is 0 Å². The van der Waals surface area contributed by atoms with Gasteiger partial charge in [-0.25, -0.2) is 0 Å². The molecule has 1 nitrogen and oxygen atoms in total. The quantitative estimate of drug-likeness (QED) is 0.507. The van der Waals surface area contributed by atoms with Crippen molar-refractivity contribution >= 4 is 37.6 Å². The van der Waals surface area contributed by atoms with E-state index in [-0.39, 0.29) is 15.4 Å². The van der Waals surface area contributed by atoms with Crippen LogP contribution in [0.3, 0.4) is 0 Å². The van der Waals surface area contributed by atoms with Crippen molar-refractivity contribution in [1.82, 2.24) is 0 Å². The van der Waals surface area contributed by atoms with Gasteiger partial charge >= 0.3 is 0 Å². The third-order valence-electron chi connectivity index (χ3n) is 4.01. The third-order valence-corrected chi connectivity index (χ3v) is 5.56. The van der Waals surface area contributed by atoms with Crippen molar-refractivity contribution < 1.29 is 4.79 Å². The Morgan fingerprint density at radius 2 is 1.00 bits per heavy atom. The minimum absolute atomic E-state index is 0.172. The molecule has 128 valence electrons. The summed E-state index contributed by atoms with van der Waals surface area (Å²) in [5.74, 6) is 0.202. The van der Waals surface area contributed by atoms with Gasteiger partial charge in [-0.05, 0) is 51.7 Å². The molecule has 3 heteroatoms. The molecule has 0 aliphatic carbocycles. The van der Waals surface area contributed by atoms with E-state index in [2.05, 4.69) is 96.0 Å². The van der Waals surface area contributed by atoms with Gasteiger partial charge in [-0.3, -0.25) is 4.79 Å². The predicted molar refractivity (Wildman–Crippen MR) is 110 cm³/mol. The summed E-state index contributed by atoms with van der Waals surface area (Å²) in [5.41, 5.74) is 7.36. The minimum Gasteiger partial charge on any atom is -0.297 e. The second-order valence-corrected chi connectivity index (χ2v) is 8.95. The molecule has 0 N–H and O–H groups in total. The molecule has 0 saturated carbocycles. The lowest BCUT2D eigenvalue weighted by molar-refractivity contribution is -0.117. The molecule has 2 rings (SSSR count). The van der Waals surface area contributed by atoms with E-state index >= 15 is 0 Å². The second-order valence-electron chi connectivity index (χ2n) is 6.74. The monoisotopic (exact) mass is 450 g/mol. The highest BCUT2D eigenvalue weighted by atomic mass is 79.9. The van der Waals surface area contributed by atoms with Gasteiger partial charge in [0.2, 0.25) is 0 Å². The fourth-order valence-corrected chi connectivity index (χ4v) is 4.93. The summed E-state index contributed by atoms with van der Waals surface area (Å²) in [6.45, 7) is 8.37. The van der Waals surface area contributed by atoms with E-state index in [4.69, 9.17) is 0 Å². The molecule has 0 aliphatic heterocycles. The number of rotatable bonds is 6. The van der Waals surface area contributed by atoms with Gasteiger partial charge in [0.05, 0.1) is 9.65 Å². The molecule has 2 aromatic carbocycles. The molecule has 0 aliphatic rings. The zero-order valence-electron chi connectivity index (χ0n) is 14.7. The van der Waals surface area contributed by atoms with E-state index in [1.165, 1.54) is 33.4 Å². The Kier molecular flexibility index (Phi) is 6.82. The molecule has 0 spiro atoms. The van der Waals surface area contributed by atoms with Crippen molar-refractivity contribution in [3.63, 3.8) is 0 Å². The maximum atomic E-state index is 12.7. The van der Waals surface area contributed by atoms with E-state index in [1.54, 1.807) is 0 Å². The van der Waals surface area contributed by atoms with Crippen molar-refractivity contribution in [1.29, 1.82) is 0 Å². The SMILES string of the molecule is Cc1cc(C)cc(CC(Br)C(=O)C(Br)Cc2cc(C)cc(C)c2)c1. The molecule has 0 amide bonds. The highest BCUT2D eigenvalue weighted by molar-refractivity contribution is 9.10. The van der Waals surface area contributed by atoms with Crippen LogP contribution in [0.1, 0.15) is 33.4 Å². The number of hydrogen-bond acceptors (Lipinski definition) is 1. The Labute approximate surface area is 162 Å². The Morgan fingerprint density at radius 3 is 1.29 bits per heavy atom. The predicted octanol–water partition coefficient (Wildman–Crippen LogP) is 5.80. The molecule has 0 heterocycles. The molecule has 2 unspecified atom stereocenters. The first-order valence-corrected chi connectivity index (χ1v) is 10.0. The van der Waals surface area contributed by atoms with Crippen molar-refractivity contribution in [3.05, 3.63) is 69.8 Å². The lowest BCUT2D eigenvalue weighted by Gasteiger charge is -2.15. The maximum Gasteiger partial charge on any atom is 0.160 e. The van der Waals surface area contributed by atoms with Crippen LogP contribution in [0.2, 0.25) is 0 Å². The average Bonchev–Trinajstić information content (AvgIpc) is 2.43. The van der Waals surface area contributed by atoms with Crippen LogP contribution in [0, 0.1) is 27.7 Å². The van der Waals surface area contributed by atoms with Crippen LogP contribution >= 0.6 is 31.9 Å². The van der Waals surface area contributed by atoms with Gasteiger partial charge in [-0.2, -0.15) is 0 Å². The van der Waals surface area contributed by atoms with Crippen LogP contribution in [0.15, 0.2) is 36.4 Å². The van der Waals surface area contributed by atoms with Crippen LogP contribution in [0.5, 0.6) is 0 Å². The van der Waals surface area contributed by atoms with Crippen LogP contribution in [-0.4, -0.2) is 15.4 Å². The number of Topliss-reactive ketones (excluding diaryl/α,β-unsaturated/α-hetero) is 1. The fraction of sp³-hybridized carbons (Fsp3) is 0.381. The first kappa shape index (κ1) is 19.4. The van der Waals surface area contributed by atoms with E-state index in [0.29, 0.717) is 0 Å². The molecule has 0 bridgehead atoms. The molecule has 0 fully saturated rings. The number of benzene rings is 2. The number of carbonyl (C=O) groups excluding carboxylic acids is 1. The molecule has 24 heavy (non-hydrogen) atoms. The Morgan fingerprint density at radius 1 is 0.708 bits per heavy atom. The summed E-state index contributed by atoms with van der Waals surface area (Å²) in [6.07, 6.45) is 1.44. The topological polar surface area (TPSA) is 17.1 Å². The lowest BCUT2D eigenvalue weighted by Crippen LogP contribution is -2.27. The van der Waals surface area contributed by atoms with Gasteiger partial charge in [-0.15, -0.1) is 0 Å². The first-order chi connectivity index (χ1) is 11.2. The van der Waals surface area contributed by atoms with Crippen LogP contribution in [0.25, 0.3) is 0 Å². The Hall–Kier alpha value is -0.930. The fourth-order valence-electron chi connectivity index (χ4n) is 3.18. The Bertz CT molecular complexity index is 635. The van der Waals surface area contributed by atoms with Gasteiger partial charge in [0.25, 0.3) is 0 Å². The van der Waals surface area contributed by atoms with Crippen LogP contribution in [-0.2, 0) is 17.6 Å². The van der Waals surface area contributed by atoms with Gasteiger partial charge in [-0.1, -0.05) is 90.5 Å². The zero-order chi connectivity index (χ0) is 17.9. The summed E-state index contributed by atoms with van der Waals surface area (Å²) in [5, 5.41) is 0. The van der Waals surface area contributed by atoms with Crippen molar-refractivity contribution in [2.75, 3.05) is 0 Å². The molecular formula is C21H24Br2O. The number of hydrogen-bond donors (Lipinski definition) is 0. The van der Waals surface area contributed by atoms with Crippen LogP contribution in [0.4, 0.5) is 0 Å². The van der Waals surface area contributed by atoms with E-state index in [0.717, 1.165) is 12.8 Å². The minimum atomic E-state index is -0.172. The standard InChI is InChI=1S/C21H24Br2O/c1-13-5-14(2)8-17(7-13)11-19(22)21(24)20(23)12-18-9-15(3)6-16(4)10-18/h5-10,19-20H,11-12H2,1-4H3. The molecule has 0 saturated heterocycles. The average molecular weight is 452 g/mol. The normalized spacial score (nSPS) is 13.6. The summed E-state index contributed by atoms with van der Waals surface area (Å²) in [7, 11) is 0. The van der Waals surface area contributed by atoms with Gasteiger partial charge in [0.15, 0.2) is 5.78 Å². The molecule has 0 radical (unpaired) electrons. The highest BCUT2D eigenvalue weighted by Gasteiger charge is 2.23. The number of carbonyl (C=O) groups is 1. The smallest absolute Gasteiger partial charge is 0.160 e. The van der Waals surface area contributed by atoms with Gasteiger partial charge in [0, 0.05) is 0 Å². The summed E-state index contributed by atoms with van der Waals surface area (Å²) in [6, 6.07) is 12.9.